The van der Waals surface area contributed by atoms with Gasteiger partial charge in [-0.25, -0.2) is 0 Å². The second kappa shape index (κ2) is 4.89. The Kier molecular flexibility index (Phi) is 3.06. The molecule has 2 aromatic rings. The monoisotopic (exact) mass is 269 g/mol. The van der Waals surface area contributed by atoms with E-state index in [1.165, 1.54) is 0 Å². The quantitative estimate of drug-likeness (QED) is 0.910. The van der Waals surface area contributed by atoms with Crippen molar-refractivity contribution in [1.29, 1.82) is 0 Å². The molecule has 3 rings (SSSR count). The van der Waals surface area contributed by atoms with Crippen LogP contribution in [0.5, 0.6) is 11.5 Å². The van der Waals surface area contributed by atoms with Crippen LogP contribution in [0.15, 0.2) is 36.4 Å². The van der Waals surface area contributed by atoms with Crippen LogP contribution >= 0.6 is 0 Å². The van der Waals surface area contributed by atoms with Crippen LogP contribution in [0.4, 0.5) is 5.69 Å². The molecule has 0 spiro atoms. The molecule has 1 aliphatic heterocycles. The van der Waals surface area contributed by atoms with Crippen molar-refractivity contribution in [2.75, 3.05) is 12.1 Å². The van der Waals surface area contributed by atoms with E-state index in [0.717, 1.165) is 16.8 Å². The van der Waals surface area contributed by atoms with Gasteiger partial charge in [-0.05, 0) is 43.2 Å². The lowest BCUT2D eigenvalue weighted by Crippen LogP contribution is -2.13. The van der Waals surface area contributed by atoms with Gasteiger partial charge in [0, 0.05) is 11.3 Å². The normalized spacial score (nSPS) is 12.3. The number of carbonyl (C=O) groups excluding carboxylic acids is 1. The van der Waals surface area contributed by atoms with Crippen molar-refractivity contribution in [3.05, 3.63) is 53.1 Å². The van der Waals surface area contributed by atoms with Crippen molar-refractivity contribution in [1.82, 2.24) is 0 Å². The zero-order chi connectivity index (χ0) is 14.1. The number of rotatable bonds is 2. The van der Waals surface area contributed by atoms with Gasteiger partial charge in [0.1, 0.15) is 0 Å². The fourth-order valence-corrected chi connectivity index (χ4v) is 2.24. The number of ether oxygens (including phenoxy) is 2. The highest BCUT2D eigenvalue weighted by Crippen LogP contribution is 2.32. The molecular weight excluding hydrogens is 254 g/mol. The summed E-state index contributed by atoms with van der Waals surface area (Å²) < 4.78 is 10.5. The number of hydrogen-bond acceptors (Lipinski definition) is 3. The van der Waals surface area contributed by atoms with Crippen LogP contribution in [-0.2, 0) is 0 Å². The van der Waals surface area contributed by atoms with Crippen molar-refractivity contribution >= 4 is 11.6 Å². The van der Waals surface area contributed by atoms with Gasteiger partial charge in [-0.15, -0.1) is 0 Å². The highest BCUT2D eigenvalue weighted by atomic mass is 16.7. The smallest absolute Gasteiger partial charge is 0.255 e. The van der Waals surface area contributed by atoms with E-state index in [2.05, 4.69) is 5.32 Å². The summed E-state index contributed by atoms with van der Waals surface area (Å²) in [5.41, 5.74) is 3.49. The van der Waals surface area contributed by atoms with Crippen molar-refractivity contribution in [2.45, 2.75) is 13.8 Å². The molecule has 1 aliphatic rings. The van der Waals surface area contributed by atoms with Gasteiger partial charge in [0.05, 0.1) is 0 Å². The second-order valence-corrected chi connectivity index (χ2v) is 4.79. The van der Waals surface area contributed by atoms with Gasteiger partial charge in [-0.3, -0.25) is 4.79 Å². The lowest BCUT2D eigenvalue weighted by molar-refractivity contribution is 0.102. The van der Waals surface area contributed by atoms with E-state index in [0.29, 0.717) is 17.1 Å². The molecule has 0 aliphatic carbocycles. The maximum Gasteiger partial charge on any atom is 0.255 e. The molecule has 102 valence electrons. The summed E-state index contributed by atoms with van der Waals surface area (Å²) in [4.78, 5) is 12.3. The summed E-state index contributed by atoms with van der Waals surface area (Å²) in [6.07, 6.45) is 0. The Balaban J connectivity index is 1.86. The molecule has 1 N–H and O–H groups in total. The Morgan fingerprint density at radius 1 is 1.05 bits per heavy atom. The Bertz CT molecular complexity index is 659. The van der Waals surface area contributed by atoms with Crippen LogP contribution in [0.1, 0.15) is 21.5 Å². The van der Waals surface area contributed by atoms with Gasteiger partial charge in [-0.1, -0.05) is 18.2 Å². The zero-order valence-corrected chi connectivity index (χ0v) is 11.4. The van der Waals surface area contributed by atoms with Gasteiger partial charge in [-0.2, -0.15) is 0 Å². The molecule has 0 bridgehead atoms. The Labute approximate surface area is 117 Å². The predicted molar refractivity (Wildman–Crippen MR) is 76.4 cm³/mol. The SMILES string of the molecule is Cc1cccc(C)c1NC(=O)c1ccc2c(c1)OCO2. The fraction of sp³-hybridized carbons (Fsp3) is 0.188. The molecule has 0 aromatic heterocycles. The number of fused-ring (bicyclic) bond motifs is 1. The summed E-state index contributed by atoms with van der Waals surface area (Å²) in [6.45, 7) is 4.15. The molecule has 1 heterocycles. The number of aryl methyl sites for hydroxylation is 2. The standard InChI is InChI=1S/C16H15NO3/c1-10-4-3-5-11(2)15(10)17-16(18)12-6-7-13-14(8-12)20-9-19-13/h3-8H,9H2,1-2H3,(H,17,18). The Morgan fingerprint density at radius 2 is 1.75 bits per heavy atom. The van der Waals surface area contributed by atoms with Gasteiger partial charge in [0.25, 0.3) is 5.91 Å². The van der Waals surface area contributed by atoms with Gasteiger partial charge < -0.3 is 14.8 Å². The molecule has 0 unspecified atom stereocenters. The third-order valence-electron chi connectivity index (χ3n) is 3.35. The van der Waals surface area contributed by atoms with E-state index in [4.69, 9.17) is 9.47 Å². The van der Waals surface area contributed by atoms with E-state index >= 15 is 0 Å². The maximum absolute atomic E-state index is 12.3. The number of carbonyl (C=O) groups is 1. The van der Waals surface area contributed by atoms with E-state index in [1.54, 1.807) is 18.2 Å². The summed E-state index contributed by atoms with van der Waals surface area (Å²) >= 11 is 0. The van der Waals surface area contributed by atoms with Crippen LogP contribution in [0.25, 0.3) is 0 Å². The summed E-state index contributed by atoms with van der Waals surface area (Å²) in [6, 6.07) is 11.1. The highest BCUT2D eigenvalue weighted by molar-refractivity contribution is 6.05. The zero-order valence-electron chi connectivity index (χ0n) is 11.4. The van der Waals surface area contributed by atoms with Gasteiger partial charge >= 0.3 is 0 Å². The molecular formula is C16H15NO3. The molecule has 4 heteroatoms. The third-order valence-corrected chi connectivity index (χ3v) is 3.35. The number of nitrogens with one attached hydrogen (secondary N) is 1. The van der Waals surface area contributed by atoms with Crippen LogP contribution in [0, 0.1) is 13.8 Å². The topological polar surface area (TPSA) is 47.6 Å². The van der Waals surface area contributed by atoms with E-state index in [1.807, 2.05) is 32.0 Å². The van der Waals surface area contributed by atoms with Crippen LogP contribution < -0.4 is 14.8 Å². The summed E-state index contributed by atoms with van der Waals surface area (Å²) in [5.74, 6) is 1.13. The lowest BCUT2D eigenvalue weighted by Gasteiger charge is -2.11. The molecule has 0 fully saturated rings. The first-order chi connectivity index (χ1) is 9.65. The number of para-hydroxylation sites is 1. The first kappa shape index (κ1) is 12.5. The molecule has 0 saturated carbocycles. The first-order valence-corrected chi connectivity index (χ1v) is 6.42. The average Bonchev–Trinajstić information content (AvgIpc) is 2.90. The van der Waals surface area contributed by atoms with Crippen LogP contribution in [-0.4, -0.2) is 12.7 Å². The molecule has 0 saturated heterocycles. The number of anilines is 1. The van der Waals surface area contributed by atoms with Crippen molar-refractivity contribution in [3.8, 4) is 11.5 Å². The minimum atomic E-state index is -0.152. The van der Waals surface area contributed by atoms with Gasteiger partial charge in [0.2, 0.25) is 6.79 Å². The minimum absolute atomic E-state index is 0.152. The summed E-state index contributed by atoms with van der Waals surface area (Å²) in [7, 11) is 0. The van der Waals surface area contributed by atoms with Crippen molar-refractivity contribution in [3.63, 3.8) is 0 Å². The highest BCUT2D eigenvalue weighted by Gasteiger charge is 2.17. The molecule has 4 nitrogen and oxygen atoms in total. The third kappa shape index (κ3) is 2.20. The maximum atomic E-state index is 12.3. The lowest BCUT2D eigenvalue weighted by atomic mass is 10.1. The number of hydrogen-bond donors (Lipinski definition) is 1. The molecule has 20 heavy (non-hydrogen) atoms. The van der Waals surface area contributed by atoms with Gasteiger partial charge in [0.15, 0.2) is 11.5 Å². The summed E-state index contributed by atoms with van der Waals surface area (Å²) in [5, 5.41) is 2.95. The molecule has 0 atom stereocenters. The molecule has 2 aromatic carbocycles. The molecule has 0 radical (unpaired) electrons. The van der Waals surface area contributed by atoms with E-state index in [-0.39, 0.29) is 12.7 Å². The number of benzene rings is 2. The first-order valence-electron chi connectivity index (χ1n) is 6.42. The van der Waals surface area contributed by atoms with E-state index in [9.17, 15) is 4.79 Å². The Morgan fingerprint density at radius 3 is 2.50 bits per heavy atom. The van der Waals surface area contributed by atoms with Crippen molar-refractivity contribution in [2.24, 2.45) is 0 Å². The fourth-order valence-electron chi connectivity index (χ4n) is 2.24. The second-order valence-electron chi connectivity index (χ2n) is 4.79. The van der Waals surface area contributed by atoms with E-state index < -0.39 is 0 Å². The molecule has 1 amide bonds. The van der Waals surface area contributed by atoms with Crippen LogP contribution in [0.3, 0.4) is 0 Å². The minimum Gasteiger partial charge on any atom is -0.454 e. The number of amides is 1. The Hall–Kier alpha value is -2.49. The average molecular weight is 269 g/mol. The predicted octanol–water partition coefficient (Wildman–Crippen LogP) is 3.28. The van der Waals surface area contributed by atoms with Crippen molar-refractivity contribution < 1.29 is 14.3 Å². The largest absolute Gasteiger partial charge is 0.454 e. The van der Waals surface area contributed by atoms with Crippen LogP contribution in [0.2, 0.25) is 0 Å².